The SMILES string of the molecule is COCC1CCN(c2ccncc2CO)CC1. The van der Waals surface area contributed by atoms with Crippen LogP contribution < -0.4 is 4.90 Å². The molecule has 0 amide bonds. The Kier molecular flexibility index (Phi) is 4.34. The molecule has 0 radical (unpaired) electrons. The van der Waals surface area contributed by atoms with Gasteiger partial charge in [-0.15, -0.1) is 0 Å². The number of aliphatic hydroxyl groups excluding tert-OH is 1. The van der Waals surface area contributed by atoms with Crippen molar-refractivity contribution in [1.29, 1.82) is 0 Å². The van der Waals surface area contributed by atoms with E-state index in [4.69, 9.17) is 4.74 Å². The summed E-state index contributed by atoms with van der Waals surface area (Å²) in [5.41, 5.74) is 2.04. The Hall–Kier alpha value is -1.13. The molecule has 0 atom stereocenters. The number of nitrogens with zero attached hydrogens (tertiary/aromatic N) is 2. The molecule has 4 heteroatoms. The molecule has 94 valence electrons. The lowest BCUT2D eigenvalue weighted by atomic mass is 9.97. The van der Waals surface area contributed by atoms with Crippen molar-refractivity contribution in [1.82, 2.24) is 4.98 Å². The van der Waals surface area contributed by atoms with Crippen molar-refractivity contribution >= 4 is 5.69 Å². The van der Waals surface area contributed by atoms with E-state index in [1.807, 2.05) is 6.07 Å². The zero-order valence-electron chi connectivity index (χ0n) is 10.3. The standard InChI is InChI=1S/C13H20N2O2/c1-17-10-11-3-6-15(7-4-11)13-2-5-14-8-12(13)9-16/h2,5,8,11,16H,3-4,6-7,9-10H2,1H3. The van der Waals surface area contributed by atoms with Gasteiger partial charge in [0.15, 0.2) is 0 Å². The fourth-order valence-electron chi connectivity index (χ4n) is 2.43. The number of aliphatic hydroxyl groups is 1. The van der Waals surface area contributed by atoms with E-state index in [0.29, 0.717) is 5.92 Å². The van der Waals surface area contributed by atoms with Crippen LogP contribution in [-0.2, 0) is 11.3 Å². The van der Waals surface area contributed by atoms with E-state index in [2.05, 4.69) is 9.88 Å². The Labute approximate surface area is 102 Å². The van der Waals surface area contributed by atoms with Gasteiger partial charge in [0.25, 0.3) is 0 Å². The predicted molar refractivity (Wildman–Crippen MR) is 67.0 cm³/mol. The maximum Gasteiger partial charge on any atom is 0.0717 e. The maximum atomic E-state index is 9.30. The van der Waals surface area contributed by atoms with E-state index >= 15 is 0 Å². The number of pyridine rings is 1. The van der Waals surface area contributed by atoms with Gasteiger partial charge in [-0.1, -0.05) is 0 Å². The first kappa shape index (κ1) is 12.3. The second kappa shape index (κ2) is 5.98. The van der Waals surface area contributed by atoms with Gasteiger partial charge in [-0.3, -0.25) is 4.98 Å². The molecule has 1 aliphatic heterocycles. The minimum absolute atomic E-state index is 0.0567. The summed E-state index contributed by atoms with van der Waals surface area (Å²) in [5, 5.41) is 9.30. The van der Waals surface area contributed by atoms with Crippen molar-refractivity contribution in [3.05, 3.63) is 24.0 Å². The number of hydrogen-bond donors (Lipinski definition) is 1. The Morgan fingerprint density at radius 2 is 2.24 bits per heavy atom. The lowest BCUT2D eigenvalue weighted by Crippen LogP contribution is -2.35. The summed E-state index contributed by atoms with van der Waals surface area (Å²) in [5.74, 6) is 0.677. The minimum atomic E-state index is 0.0567. The summed E-state index contributed by atoms with van der Waals surface area (Å²) >= 11 is 0. The molecular weight excluding hydrogens is 216 g/mol. The number of methoxy groups -OCH3 is 1. The Morgan fingerprint density at radius 3 is 2.88 bits per heavy atom. The second-order valence-electron chi connectivity index (χ2n) is 4.55. The van der Waals surface area contributed by atoms with Crippen LogP contribution in [0.1, 0.15) is 18.4 Å². The van der Waals surface area contributed by atoms with Crippen molar-refractivity contribution in [2.75, 3.05) is 31.7 Å². The zero-order valence-corrected chi connectivity index (χ0v) is 10.3. The fraction of sp³-hybridized carbons (Fsp3) is 0.615. The first-order valence-electron chi connectivity index (χ1n) is 6.12. The maximum absolute atomic E-state index is 9.30. The van der Waals surface area contributed by atoms with E-state index in [0.717, 1.165) is 43.8 Å². The molecule has 0 unspecified atom stereocenters. The van der Waals surface area contributed by atoms with Crippen molar-refractivity contribution < 1.29 is 9.84 Å². The first-order valence-corrected chi connectivity index (χ1v) is 6.12. The van der Waals surface area contributed by atoms with E-state index in [9.17, 15) is 5.11 Å². The zero-order chi connectivity index (χ0) is 12.1. The van der Waals surface area contributed by atoms with Crippen LogP contribution in [0.4, 0.5) is 5.69 Å². The monoisotopic (exact) mass is 236 g/mol. The average molecular weight is 236 g/mol. The third-order valence-corrected chi connectivity index (χ3v) is 3.41. The number of piperidine rings is 1. The number of anilines is 1. The molecular formula is C13H20N2O2. The highest BCUT2D eigenvalue weighted by atomic mass is 16.5. The normalized spacial score (nSPS) is 17.4. The summed E-state index contributed by atoms with van der Waals surface area (Å²) in [7, 11) is 1.76. The van der Waals surface area contributed by atoms with Gasteiger partial charge in [-0.2, -0.15) is 0 Å². The summed E-state index contributed by atoms with van der Waals surface area (Å²) < 4.78 is 5.20. The molecule has 1 aliphatic rings. The van der Waals surface area contributed by atoms with Crippen LogP contribution in [-0.4, -0.2) is 36.9 Å². The molecule has 17 heavy (non-hydrogen) atoms. The second-order valence-corrected chi connectivity index (χ2v) is 4.55. The van der Waals surface area contributed by atoms with E-state index < -0.39 is 0 Å². The largest absolute Gasteiger partial charge is 0.392 e. The molecule has 4 nitrogen and oxygen atoms in total. The van der Waals surface area contributed by atoms with Crippen LogP contribution in [0.3, 0.4) is 0 Å². The van der Waals surface area contributed by atoms with Crippen molar-refractivity contribution in [3.63, 3.8) is 0 Å². The molecule has 1 aromatic heterocycles. The molecule has 2 rings (SSSR count). The number of ether oxygens (including phenoxy) is 1. The lowest BCUT2D eigenvalue weighted by Gasteiger charge is -2.34. The molecule has 0 aliphatic carbocycles. The minimum Gasteiger partial charge on any atom is -0.392 e. The Morgan fingerprint density at radius 1 is 1.47 bits per heavy atom. The molecule has 0 saturated carbocycles. The van der Waals surface area contributed by atoms with Crippen LogP contribution in [0.2, 0.25) is 0 Å². The third kappa shape index (κ3) is 2.96. The highest BCUT2D eigenvalue weighted by molar-refractivity contribution is 5.52. The van der Waals surface area contributed by atoms with Gasteiger partial charge in [0, 0.05) is 50.5 Å². The summed E-state index contributed by atoms with van der Waals surface area (Å²) in [6, 6.07) is 1.99. The summed E-state index contributed by atoms with van der Waals surface area (Å²) in [6.45, 7) is 2.98. The van der Waals surface area contributed by atoms with Gasteiger partial charge in [0.1, 0.15) is 0 Å². The van der Waals surface area contributed by atoms with Crippen LogP contribution in [0.25, 0.3) is 0 Å². The lowest BCUT2D eigenvalue weighted by molar-refractivity contribution is 0.139. The average Bonchev–Trinajstić information content (AvgIpc) is 2.40. The molecule has 1 N–H and O–H groups in total. The molecule has 1 aromatic rings. The molecule has 2 heterocycles. The van der Waals surface area contributed by atoms with E-state index in [-0.39, 0.29) is 6.61 Å². The molecule has 0 bridgehead atoms. The quantitative estimate of drug-likeness (QED) is 0.859. The van der Waals surface area contributed by atoms with E-state index in [1.54, 1.807) is 19.5 Å². The molecule has 0 spiro atoms. The molecule has 1 saturated heterocycles. The first-order chi connectivity index (χ1) is 8.35. The summed E-state index contributed by atoms with van der Waals surface area (Å²) in [6.07, 6.45) is 5.84. The summed E-state index contributed by atoms with van der Waals surface area (Å²) in [4.78, 5) is 6.38. The molecule has 0 aromatic carbocycles. The van der Waals surface area contributed by atoms with Gasteiger partial charge in [-0.05, 0) is 24.8 Å². The molecule has 1 fully saturated rings. The smallest absolute Gasteiger partial charge is 0.0717 e. The number of rotatable bonds is 4. The predicted octanol–water partition coefficient (Wildman–Crippen LogP) is 1.44. The van der Waals surface area contributed by atoms with Gasteiger partial charge >= 0.3 is 0 Å². The van der Waals surface area contributed by atoms with E-state index in [1.165, 1.54) is 0 Å². The van der Waals surface area contributed by atoms with Crippen molar-refractivity contribution in [2.45, 2.75) is 19.4 Å². The highest BCUT2D eigenvalue weighted by Gasteiger charge is 2.20. The Bertz CT molecular complexity index is 349. The highest BCUT2D eigenvalue weighted by Crippen LogP contribution is 2.25. The van der Waals surface area contributed by atoms with Crippen LogP contribution in [0, 0.1) is 5.92 Å². The van der Waals surface area contributed by atoms with Crippen LogP contribution >= 0.6 is 0 Å². The number of hydrogen-bond acceptors (Lipinski definition) is 4. The Balaban J connectivity index is 2.00. The topological polar surface area (TPSA) is 45.6 Å². The third-order valence-electron chi connectivity index (χ3n) is 3.41. The van der Waals surface area contributed by atoms with Crippen molar-refractivity contribution in [3.8, 4) is 0 Å². The van der Waals surface area contributed by atoms with Gasteiger partial charge in [0.2, 0.25) is 0 Å². The van der Waals surface area contributed by atoms with Crippen LogP contribution in [0.5, 0.6) is 0 Å². The van der Waals surface area contributed by atoms with Crippen molar-refractivity contribution in [2.24, 2.45) is 5.92 Å². The van der Waals surface area contributed by atoms with Gasteiger partial charge in [-0.25, -0.2) is 0 Å². The van der Waals surface area contributed by atoms with Gasteiger partial charge in [0.05, 0.1) is 6.61 Å². The number of aromatic nitrogens is 1. The fourth-order valence-corrected chi connectivity index (χ4v) is 2.43. The van der Waals surface area contributed by atoms with Gasteiger partial charge < -0.3 is 14.7 Å². The van der Waals surface area contributed by atoms with Crippen LogP contribution in [0.15, 0.2) is 18.5 Å².